The minimum atomic E-state index is -0.151. The van der Waals surface area contributed by atoms with E-state index in [2.05, 4.69) is 37.5 Å². The smallest absolute Gasteiger partial charge is 0.315 e. The van der Waals surface area contributed by atoms with Crippen molar-refractivity contribution in [2.75, 3.05) is 19.6 Å². The van der Waals surface area contributed by atoms with Gasteiger partial charge in [-0.25, -0.2) is 4.79 Å². The maximum absolute atomic E-state index is 12.5. The molecule has 1 heterocycles. The minimum Gasteiger partial charge on any atom is -0.338 e. The Labute approximate surface area is 149 Å². The first-order valence-corrected chi connectivity index (χ1v) is 8.62. The van der Waals surface area contributed by atoms with Crippen molar-refractivity contribution >= 4 is 11.9 Å². The van der Waals surface area contributed by atoms with Crippen LogP contribution >= 0.6 is 0 Å². The Morgan fingerprint density at radius 2 is 1.96 bits per heavy atom. The number of likely N-dealkylation sites (tertiary alicyclic amines) is 1. The van der Waals surface area contributed by atoms with Crippen LogP contribution in [0.25, 0.3) is 0 Å². The van der Waals surface area contributed by atoms with Gasteiger partial charge in [-0.15, -0.1) is 0 Å². The molecule has 2 rings (SSSR count). The number of piperidine rings is 1. The average molecular weight is 342 g/mol. The van der Waals surface area contributed by atoms with Gasteiger partial charge in [0.1, 0.15) is 0 Å². The summed E-state index contributed by atoms with van der Waals surface area (Å²) in [5.74, 6) is -0.0623. The quantitative estimate of drug-likeness (QED) is 0.885. The summed E-state index contributed by atoms with van der Waals surface area (Å²) in [6, 6.07) is 8.73. The Bertz CT molecular complexity index is 665. The number of benzene rings is 1. The number of hydrogen-bond acceptors (Lipinski definition) is 3. The first kappa shape index (κ1) is 18.8. The molecule has 6 nitrogen and oxygen atoms in total. The van der Waals surface area contributed by atoms with Crippen molar-refractivity contribution in [1.29, 1.82) is 5.26 Å². The highest BCUT2D eigenvalue weighted by molar-refractivity contribution is 5.94. The fourth-order valence-electron chi connectivity index (χ4n) is 2.71. The summed E-state index contributed by atoms with van der Waals surface area (Å²) in [4.78, 5) is 26.2. The molecule has 1 aliphatic rings. The fourth-order valence-corrected chi connectivity index (χ4v) is 2.71. The van der Waals surface area contributed by atoms with Gasteiger partial charge in [-0.1, -0.05) is 26.8 Å². The Hall–Kier alpha value is -2.55. The second-order valence-corrected chi connectivity index (χ2v) is 7.65. The predicted octanol–water partition coefficient (Wildman–Crippen LogP) is 2.51. The molecular formula is C19H26N4O2. The van der Waals surface area contributed by atoms with Gasteiger partial charge in [0, 0.05) is 31.2 Å². The summed E-state index contributed by atoms with van der Waals surface area (Å²) in [5.41, 5.74) is 1.07. The monoisotopic (exact) mass is 342 g/mol. The molecule has 1 aromatic rings. The third kappa shape index (κ3) is 5.79. The lowest BCUT2D eigenvalue weighted by Gasteiger charge is -2.32. The summed E-state index contributed by atoms with van der Waals surface area (Å²) >= 11 is 0. The highest BCUT2D eigenvalue weighted by Gasteiger charge is 2.25. The highest BCUT2D eigenvalue weighted by Crippen LogP contribution is 2.15. The Morgan fingerprint density at radius 1 is 1.28 bits per heavy atom. The van der Waals surface area contributed by atoms with E-state index in [-0.39, 0.29) is 23.4 Å². The SMILES string of the molecule is CC(C)(C)CNC(=O)NC1CCN(C(=O)c2cccc(C#N)c2)CC1. The van der Waals surface area contributed by atoms with Crippen molar-refractivity contribution in [3.8, 4) is 6.07 Å². The largest absolute Gasteiger partial charge is 0.338 e. The molecule has 0 aromatic heterocycles. The predicted molar refractivity (Wildman–Crippen MR) is 96.1 cm³/mol. The van der Waals surface area contributed by atoms with Crippen molar-refractivity contribution in [1.82, 2.24) is 15.5 Å². The summed E-state index contributed by atoms with van der Waals surface area (Å²) in [7, 11) is 0. The molecule has 0 spiro atoms. The molecule has 2 N–H and O–H groups in total. The number of rotatable bonds is 3. The number of carbonyl (C=O) groups is 2. The molecule has 1 saturated heterocycles. The Kier molecular flexibility index (Phi) is 6.02. The molecule has 0 aliphatic carbocycles. The maximum atomic E-state index is 12.5. The van der Waals surface area contributed by atoms with Gasteiger partial charge in [-0.05, 0) is 36.5 Å². The first-order chi connectivity index (χ1) is 11.8. The van der Waals surface area contributed by atoms with E-state index in [0.717, 1.165) is 12.8 Å². The van der Waals surface area contributed by atoms with Crippen LogP contribution in [0.1, 0.15) is 49.5 Å². The second kappa shape index (κ2) is 8.02. The van der Waals surface area contributed by atoms with Crippen LogP contribution in [0.15, 0.2) is 24.3 Å². The van der Waals surface area contributed by atoms with Gasteiger partial charge >= 0.3 is 6.03 Å². The number of hydrogen-bond donors (Lipinski definition) is 2. The molecule has 0 bridgehead atoms. The van der Waals surface area contributed by atoms with Gasteiger partial charge in [0.05, 0.1) is 11.6 Å². The number of amides is 3. The van der Waals surface area contributed by atoms with E-state index in [4.69, 9.17) is 5.26 Å². The third-order valence-corrected chi connectivity index (χ3v) is 4.14. The third-order valence-electron chi connectivity index (χ3n) is 4.14. The summed E-state index contributed by atoms with van der Waals surface area (Å²) < 4.78 is 0. The molecule has 25 heavy (non-hydrogen) atoms. The van der Waals surface area contributed by atoms with Crippen molar-refractivity contribution in [2.24, 2.45) is 5.41 Å². The zero-order valence-corrected chi connectivity index (χ0v) is 15.1. The van der Waals surface area contributed by atoms with Gasteiger partial charge in [0.25, 0.3) is 5.91 Å². The number of nitrogens with one attached hydrogen (secondary N) is 2. The van der Waals surface area contributed by atoms with Gasteiger partial charge in [0.2, 0.25) is 0 Å². The fraction of sp³-hybridized carbons (Fsp3) is 0.526. The van der Waals surface area contributed by atoms with Crippen molar-refractivity contribution in [2.45, 2.75) is 39.7 Å². The summed E-state index contributed by atoms with van der Waals surface area (Å²) in [6.45, 7) is 8.01. The zero-order valence-electron chi connectivity index (χ0n) is 15.1. The van der Waals surface area contributed by atoms with E-state index in [9.17, 15) is 9.59 Å². The van der Waals surface area contributed by atoms with E-state index >= 15 is 0 Å². The lowest BCUT2D eigenvalue weighted by atomic mass is 9.97. The van der Waals surface area contributed by atoms with Crippen LogP contribution in [0.2, 0.25) is 0 Å². The Balaban J connectivity index is 1.82. The topological polar surface area (TPSA) is 85.2 Å². The molecule has 6 heteroatoms. The van der Waals surface area contributed by atoms with Crippen LogP contribution in [0, 0.1) is 16.7 Å². The van der Waals surface area contributed by atoms with Gasteiger partial charge in [0.15, 0.2) is 0 Å². The van der Waals surface area contributed by atoms with Crippen LogP contribution in [-0.2, 0) is 0 Å². The maximum Gasteiger partial charge on any atom is 0.315 e. The molecule has 1 aromatic carbocycles. The molecule has 0 radical (unpaired) electrons. The molecule has 0 unspecified atom stereocenters. The van der Waals surface area contributed by atoms with Crippen LogP contribution in [0.4, 0.5) is 4.79 Å². The van der Waals surface area contributed by atoms with Gasteiger partial charge in [-0.2, -0.15) is 5.26 Å². The van der Waals surface area contributed by atoms with Crippen molar-refractivity contribution in [3.63, 3.8) is 0 Å². The van der Waals surface area contributed by atoms with E-state index in [1.54, 1.807) is 29.2 Å². The summed E-state index contributed by atoms with van der Waals surface area (Å²) in [6.07, 6.45) is 1.46. The molecule has 1 aliphatic heterocycles. The number of nitrogens with zero attached hydrogens (tertiary/aromatic N) is 2. The summed E-state index contributed by atoms with van der Waals surface area (Å²) in [5, 5.41) is 14.8. The average Bonchev–Trinajstić information content (AvgIpc) is 2.59. The molecule has 0 saturated carbocycles. The molecule has 134 valence electrons. The number of nitriles is 1. The number of carbonyl (C=O) groups excluding carboxylic acids is 2. The van der Waals surface area contributed by atoms with Gasteiger partial charge in [-0.3, -0.25) is 4.79 Å². The van der Waals surface area contributed by atoms with E-state index in [1.807, 2.05) is 0 Å². The van der Waals surface area contributed by atoms with E-state index in [1.165, 1.54) is 0 Å². The lowest BCUT2D eigenvalue weighted by molar-refractivity contribution is 0.0708. The second-order valence-electron chi connectivity index (χ2n) is 7.65. The molecule has 1 fully saturated rings. The normalized spacial score (nSPS) is 15.4. The molecule has 3 amide bonds. The van der Waals surface area contributed by atoms with Crippen LogP contribution in [0.5, 0.6) is 0 Å². The van der Waals surface area contributed by atoms with E-state index in [0.29, 0.717) is 30.8 Å². The number of urea groups is 1. The van der Waals surface area contributed by atoms with Crippen molar-refractivity contribution in [3.05, 3.63) is 35.4 Å². The minimum absolute atomic E-state index is 0.0467. The van der Waals surface area contributed by atoms with Gasteiger partial charge < -0.3 is 15.5 Å². The van der Waals surface area contributed by atoms with Crippen LogP contribution < -0.4 is 10.6 Å². The Morgan fingerprint density at radius 3 is 2.56 bits per heavy atom. The van der Waals surface area contributed by atoms with Crippen LogP contribution in [-0.4, -0.2) is 42.5 Å². The highest BCUT2D eigenvalue weighted by atomic mass is 16.2. The molecule has 0 atom stereocenters. The molecular weight excluding hydrogens is 316 g/mol. The first-order valence-electron chi connectivity index (χ1n) is 8.62. The van der Waals surface area contributed by atoms with Crippen LogP contribution in [0.3, 0.4) is 0 Å². The standard InChI is InChI=1S/C19H26N4O2/c1-19(2,3)13-21-18(25)22-16-7-9-23(10-8-16)17(24)15-6-4-5-14(11-15)12-20/h4-6,11,16H,7-10,13H2,1-3H3,(H2,21,22,25). The zero-order chi connectivity index (χ0) is 18.4. The van der Waals surface area contributed by atoms with Crippen molar-refractivity contribution < 1.29 is 9.59 Å². The lowest BCUT2D eigenvalue weighted by Crippen LogP contribution is -2.50. The van der Waals surface area contributed by atoms with E-state index < -0.39 is 0 Å².